The molecule has 0 aliphatic rings. The van der Waals surface area contributed by atoms with Crippen LogP contribution < -0.4 is 0 Å². The lowest BCUT2D eigenvalue weighted by Crippen LogP contribution is -2.11. The topological polar surface area (TPSA) is 0 Å². The van der Waals surface area contributed by atoms with Crippen molar-refractivity contribution in [3.05, 3.63) is 29.8 Å². The van der Waals surface area contributed by atoms with Gasteiger partial charge in [-0.05, 0) is 24.0 Å². The highest BCUT2D eigenvalue weighted by molar-refractivity contribution is 7.98. The van der Waals surface area contributed by atoms with E-state index in [4.69, 9.17) is 0 Å². The normalized spacial score (nSPS) is 11.7. The van der Waals surface area contributed by atoms with Crippen LogP contribution in [0.5, 0.6) is 0 Å². The lowest BCUT2D eigenvalue weighted by Gasteiger charge is -2.06. The Morgan fingerprint density at radius 2 is 1.69 bits per heavy atom. The van der Waals surface area contributed by atoms with Crippen molar-refractivity contribution in [2.45, 2.75) is 17.5 Å². The summed E-state index contributed by atoms with van der Waals surface area (Å²) in [7, 11) is 0. The maximum atomic E-state index is 11.9. The van der Waals surface area contributed by atoms with Gasteiger partial charge in [0.05, 0.1) is 6.42 Å². The first-order chi connectivity index (χ1) is 6.01. The zero-order chi connectivity index (χ0) is 9.90. The zero-order valence-corrected chi connectivity index (χ0v) is 7.88. The molecule has 0 saturated heterocycles. The second-order valence-electron chi connectivity index (χ2n) is 2.64. The van der Waals surface area contributed by atoms with Crippen LogP contribution in [0, 0.1) is 0 Å². The largest absolute Gasteiger partial charge is 0.393 e. The van der Waals surface area contributed by atoms with Crippen molar-refractivity contribution in [2.24, 2.45) is 0 Å². The fourth-order valence-electron chi connectivity index (χ4n) is 0.975. The summed E-state index contributed by atoms with van der Waals surface area (Å²) in [4.78, 5) is 0.978. The van der Waals surface area contributed by atoms with Crippen molar-refractivity contribution in [2.75, 3.05) is 6.26 Å². The van der Waals surface area contributed by atoms with Gasteiger partial charge < -0.3 is 0 Å². The Labute approximate surface area is 79.1 Å². The predicted molar refractivity (Wildman–Crippen MR) is 48.0 cm³/mol. The SMILES string of the molecule is CSc1ccc(CC(F)(F)F)cc1. The van der Waals surface area contributed by atoms with E-state index in [0.717, 1.165) is 4.90 Å². The fraction of sp³-hybridized carbons (Fsp3) is 0.333. The van der Waals surface area contributed by atoms with Gasteiger partial charge in [0, 0.05) is 4.90 Å². The Morgan fingerprint density at radius 3 is 2.08 bits per heavy atom. The second kappa shape index (κ2) is 4.05. The quantitative estimate of drug-likeness (QED) is 0.667. The summed E-state index contributed by atoms with van der Waals surface area (Å²) in [5.74, 6) is 0. The minimum atomic E-state index is -4.11. The van der Waals surface area contributed by atoms with E-state index in [1.54, 1.807) is 12.1 Å². The molecule has 0 unspecified atom stereocenters. The summed E-state index contributed by atoms with van der Waals surface area (Å²) in [6.07, 6.45) is -3.07. The molecule has 0 N–H and O–H groups in total. The van der Waals surface area contributed by atoms with E-state index in [9.17, 15) is 13.2 Å². The maximum absolute atomic E-state index is 11.9. The van der Waals surface area contributed by atoms with Crippen molar-refractivity contribution in [1.29, 1.82) is 0 Å². The average Bonchev–Trinajstić information content (AvgIpc) is 2.03. The van der Waals surface area contributed by atoms with Crippen LogP contribution in [0.2, 0.25) is 0 Å². The molecule has 1 aromatic rings. The number of alkyl halides is 3. The summed E-state index contributed by atoms with van der Waals surface area (Å²) in [6.45, 7) is 0. The van der Waals surface area contributed by atoms with Gasteiger partial charge in [-0.15, -0.1) is 11.8 Å². The number of hydrogen-bond donors (Lipinski definition) is 0. The van der Waals surface area contributed by atoms with E-state index >= 15 is 0 Å². The Kier molecular flexibility index (Phi) is 3.25. The molecule has 0 saturated carbocycles. The van der Waals surface area contributed by atoms with Gasteiger partial charge in [-0.1, -0.05) is 12.1 Å². The molecule has 0 aromatic heterocycles. The predicted octanol–water partition coefficient (Wildman–Crippen LogP) is 3.51. The number of rotatable bonds is 2. The second-order valence-corrected chi connectivity index (χ2v) is 3.52. The molecule has 0 heterocycles. The molecule has 0 nitrogen and oxygen atoms in total. The van der Waals surface area contributed by atoms with Gasteiger partial charge in [-0.2, -0.15) is 13.2 Å². The van der Waals surface area contributed by atoms with Crippen molar-refractivity contribution in [1.82, 2.24) is 0 Å². The first-order valence-electron chi connectivity index (χ1n) is 3.71. The van der Waals surface area contributed by atoms with Crippen LogP contribution >= 0.6 is 11.8 Å². The maximum Gasteiger partial charge on any atom is 0.393 e. The molecule has 1 rings (SSSR count). The van der Waals surface area contributed by atoms with Gasteiger partial charge in [-0.3, -0.25) is 0 Å². The lowest BCUT2D eigenvalue weighted by molar-refractivity contribution is -0.127. The minimum absolute atomic E-state index is 0.310. The first kappa shape index (κ1) is 10.4. The van der Waals surface area contributed by atoms with Crippen molar-refractivity contribution < 1.29 is 13.2 Å². The Balaban J connectivity index is 2.70. The summed E-state index contributed by atoms with van der Waals surface area (Å²) < 4.78 is 35.8. The molecule has 0 aliphatic heterocycles. The molecule has 4 heteroatoms. The van der Waals surface area contributed by atoms with Crippen LogP contribution in [0.3, 0.4) is 0 Å². The molecular weight excluding hydrogens is 197 g/mol. The Bertz CT molecular complexity index is 263. The van der Waals surface area contributed by atoms with Gasteiger partial charge in [-0.25, -0.2) is 0 Å². The molecule has 0 atom stereocenters. The van der Waals surface area contributed by atoms with Crippen molar-refractivity contribution in [3.63, 3.8) is 0 Å². The molecule has 0 bridgehead atoms. The van der Waals surface area contributed by atoms with Gasteiger partial charge in [0.2, 0.25) is 0 Å². The summed E-state index contributed by atoms with van der Waals surface area (Å²) in [5.41, 5.74) is 0.310. The van der Waals surface area contributed by atoms with Crippen LogP contribution in [0.1, 0.15) is 5.56 Å². The van der Waals surface area contributed by atoms with Crippen LogP contribution in [-0.2, 0) is 6.42 Å². The van der Waals surface area contributed by atoms with Gasteiger partial charge in [0.15, 0.2) is 0 Å². The lowest BCUT2D eigenvalue weighted by atomic mass is 10.1. The third-order valence-electron chi connectivity index (χ3n) is 1.56. The highest BCUT2D eigenvalue weighted by Crippen LogP contribution is 2.22. The molecule has 1 aromatic carbocycles. The van der Waals surface area contributed by atoms with E-state index in [2.05, 4.69) is 0 Å². The van der Waals surface area contributed by atoms with Gasteiger partial charge in [0.1, 0.15) is 0 Å². The number of halogens is 3. The standard InChI is InChI=1S/C9H9F3S/c1-13-8-4-2-7(3-5-8)6-9(10,11)12/h2-5H,6H2,1H3. The van der Waals surface area contributed by atoms with Crippen LogP contribution in [0.4, 0.5) is 13.2 Å². The molecule has 0 radical (unpaired) electrons. The van der Waals surface area contributed by atoms with Crippen LogP contribution in [-0.4, -0.2) is 12.4 Å². The van der Waals surface area contributed by atoms with Crippen molar-refractivity contribution in [3.8, 4) is 0 Å². The average molecular weight is 206 g/mol. The first-order valence-corrected chi connectivity index (χ1v) is 4.93. The van der Waals surface area contributed by atoms with E-state index in [-0.39, 0.29) is 0 Å². The van der Waals surface area contributed by atoms with E-state index in [0.29, 0.717) is 5.56 Å². The molecule has 72 valence electrons. The smallest absolute Gasteiger partial charge is 0.171 e. The van der Waals surface area contributed by atoms with Crippen LogP contribution in [0.15, 0.2) is 29.2 Å². The number of thioether (sulfide) groups is 1. The fourth-order valence-corrected chi connectivity index (χ4v) is 1.38. The molecule has 0 amide bonds. The summed E-state index contributed by atoms with van der Waals surface area (Å²) in [6, 6.07) is 6.43. The zero-order valence-electron chi connectivity index (χ0n) is 7.06. The summed E-state index contributed by atoms with van der Waals surface area (Å²) >= 11 is 1.51. The number of hydrogen-bond acceptors (Lipinski definition) is 1. The van der Waals surface area contributed by atoms with Gasteiger partial charge >= 0.3 is 6.18 Å². The van der Waals surface area contributed by atoms with E-state index < -0.39 is 12.6 Å². The monoisotopic (exact) mass is 206 g/mol. The van der Waals surface area contributed by atoms with Crippen molar-refractivity contribution >= 4 is 11.8 Å². The Hall–Kier alpha value is -0.640. The molecule has 0 fully saturated rings. The highest BCUT2D eigenvalue weighted by Gasteiger charge is 2.27. The van der Waals surface area contributed by atoms with E-state index in [1.165, 1.54) is 23.9 Å². The third kappa shape index (κ3) is 3.72. The molecule has 0 aliphatic carbocycles. The van der Waals surface area contributed by atoms with Crippen LogP contribution in [0.25, 0.3) is 0 Å². The minimum Gasteiger partial charge on any atom is -0.171 e. The number of benzene rings is 1. The summed E-state index contributed by atoms with van der Waals surface area (Å²) in [5, 5.41) is 0. The highest BCUT2D eigenvalue weighted by atomic mass is 32.2. The van der Waals surface area contributed by atoms with Gasteiger partial charge in [0.25, 0.3) is 0 Å². The van der Waals surface area contributed by atoms with E-state index in [1.807, 2.05) is 6.26 Å². The third-order valence-corrected chi connectivity index (χ3v) is 2.31. The Morgan fingerprint density at radius 1 is 1.15 bits per heavy atom. The molecular formula is C9H9F3S. The molecule has 0 spiro atoms. The molecule has 13 heavy (non-hydrogen) atoms.